The molecule has 0 saturated carbocycles. The van der Waals surface area contributed by atoms with E-state index in [1.807, 2.05) is 4.90 Å². The average Bonchev–Trinajstić information content (AvgIpc) is 2.69. The molecular weight excluding hydrogens is 232 g/mol. The summed E-state index contributed by atoms with van der Waals surface area (Å²) in [5.41, 5.74) is 7.39. The molecule has 0 spiro atoms. The second-order valence-corrected chi connectivity index (χ2v) is 6.23. The van der Waals surface area contributed by atoms with Crippen LogP contribution in [0.5, 0.6) is 0 Å². The number of rotatable bonds is 3. The van der Waals surface area contributed by atoms with Crippen molar-refractivity contribution < 1.29 is 4.79 Å². The number of likely N-dealkylation sites (tertiary alicyclic amines) is 1. The fourth-order valence-electron chi connectivity index (χ4n) is 2.66. The second kappa shape index (κ2) is 4.78. The number of nitrogens with zero attached hydrogens (tertiary/aromatic N) is 1. The van der Waals surface area contributed by atoms with Gasteiger partial charge in [-0.15, -0.1) is 11.3 Å². The molecule has 2 atom stereocenters. The van der Waals surface area contributed by atoms with E-state index in [1.54, 1.807) is 11.3 Å². The van der Waals surface area contributed by atoms with Gasteiger partial charge in [0, 0.05) is 28.8 Å². The zero-order valence-corrected chi connectivity index (χ0v) is 11.5. The highest BCUT2D eigenvalue weighted by Crippen LogP contribution is 2.37. The van der Waals surface area contributed by atoms with E-state index in [0.717, 1.165) is 13.0 Å². The summed E-state index contributed by atoms with van der Waals surface area (Å²) in [7, 11) is 0. The number of carbonyl (C=O) groups excluding carboxylic acids is 1. The van der Waals surface area contributed by atoms with Crippen molar-refractivity contribution in [2.45, 2.75) is 45.7 Å². The molecular formula is C13H20N2OS. The number of aryl methyl sites for hydroxylation is 2. The summed E-state index contributed by atoms with van der Waals surface area (Å²) in [5, 5.41) is 0. The molecule has 17 heavy (non-hydrogen) atoms. The summed E-state index contributed by atoms with van der Waals surface area (Å²) in [6.45, 7) is 7.13. The maximum absolute atomic E-state index is 11.9. The third-order valence-electron chi connectivity index (χ3n) is 3.33. The van der Waals surface area contributed by atoms with Gasteiger partial charge in [0.05, 0.1) is 6.04 Å². The van der Waals surface area contributed by atoms with Crippen LogP contribution in [0.4, 0.5) is 0 Å². The highest BCUT2D eigenvalue weighted by molar-refractivity contribution is 7.12. The van der Waals surface area contributed by atoms with Crippen LogP contribution in [0.25, 0.3) is 0 Å². The van der Waals surface area contributed by atoms with Gasteiger partial charge >= 0.3 is 0 Å². The highest BCUT2D eigenvalue weighted by atomic mass is 32.1. The Hall–Kier alpha value is -0.870. The van der Waals surface area contributed by atoms with Crippen molar-refractivity contribution in [2.24, 2.45) is 5.73 Å². The number of nitrogens with two attached hydrogens (primary N) is 1. The van der Waals surface area contributed by atoms with Gasteiger partial charge in [0.25, 0.3) is 0 Å². The van der Waals surface area contributed by atoms with Crippen LogP contribution >= 0.6 is 11.3 Å². The molecule has 0 radical (unpaired) electrons. The Morgan fingerprint density at radius 1 is 1.53 bits per heavy atom. The van der Waals surface area contributed by atoms with Crippen molar-refractivity contribution in [3.05, 3.63) is 21.4 Å². The molecule has 94 valence electrons. The SMILES string of the molecule is CCCN1C(=O)CC(N)C1c1cc(C)sc1C. The normalized spacial score (nSPS) is 24.7. The van der Waals surface area contributed by atoms with E-state index in [4.69, 9.17) is 5.73 Å². The van der Waals surface area contributed by atoms with Gasteiger partial charge in [-0.2, -0.15) is 0 Å². The summed E-state index contributed by atoms with van der Waals surface area (Å²) < 4.78 is 0. The van der Waals surface area contributed by atoms with Crippen LogP contribution < -0.4 is 5.73 Å². The summed E-state index contributed by atoms with van der Waals surface area (Å²) >= 11 is 1.79. The first-order valence-electron chi connectivity index (χ1n) is 6.16. The largest absolute Gasteiger partial charge is 0.334 e. The molecule has 0 aliphatic carbocycles. The van der Waals surface area contributed by atoms with Crippen molar-refractivity contribution in [1.29, 1.82) is 0 Å². The van der Waals surface area contributed by atoms with Crippen LogP contribution in [-0.2, 0) is 4.79 Å². The summed E-state index contributed by atoms with van der Waals surface area (Å²) in [6, 6.07) is 2.22. The second-order valence-electron chi connectivity index (χ2n) is 4.77. The van der Waals surface area contributed by atoms with Gasteiger partial charge in [0.1, 0.15) is 0 Å². The van der Waals surface area contributed by atoms with Gasteiger partial charge < -0.3 is 10.6 Å². The third-order valence-corrected chi connectivity index (χ3v) is 4.32. The smallest absolute Gasteiger partial charge is 0.224 e. The van der Waals surface area contributed by atoms with Gasteiger partial charge in [-0.05, 0) is 31.9 Å². The Balaban J connectivity index is 2.34. The lowest BCUT2D eigenvalue weighted by Crippen LogP contribution is -2.33. The van der Waals surface area contributed by atoms with Crippen LogP contribution in [0.2, 0.25) is 0 Å². The molecule has 1 fully saturated rings. The van der Waals surface area contributed by atoms with Gasteiger partial charge in [0.15, 0.2) is 0 Å². The predicted molar refractivity (Wildman–Crippen MR) is 71.1 cm³/mol. The number of thiophene rings is 1. The zero-order chi connectivity index (χ0) is 12.6. The van der Waals surface area contributed by atoms with Crippen molar-refractivity contribution >= 4 is 17.2 Å². The van der Waals surface area contributed by atoms with Crippen molar-refractivity contribution in [3.63, 3.8) is 0 Å². The molecule has 1 aromatic heterocycles. The minimum atomic E-state index is -0.0539. The molecule has 0 aromatic carbocycles. The van der Waals surface area contributed by atoms with E-state index in [2.05, 4.69) is 26.8 Å². The number of amides is 1. The standard InChI is InChI=1S/C13H20N2OS/c1-4-5-15-12(16)7-11(14)13(15)10-6-8(2)17-9(10)3/h6,11,13H,4-5,7,14H2,1-3H3. The highest BCUT2D eigenvalue weighted by Gasteiger charge is 2.39. The quantitative estimate of drug-likeness (QED) is 0.897. The van der Waals surface area contributed by atoms with Gasteiger partial charge in [-0.3, -0.25) is 4.79 Å². The first kappa shape index (κ1) is 12.6. The molecule has 4 heteroatoms. The molecule has 0 bridgehead atoms. The molecule has 1 saturated heterocycles. The maximum atomic E-state index is 11.9. The number of carbonyl (C=O) groups is 1. The summed E-state index contributed by atoms with van der Waals surface area (Å²) in [4.78, 5) is 16.5. The third kappa shape index (κ3) is 2.24. The van der Waals surface area contributed by atoms with Crippen LogP contribution in [0.15, 0.2) is 6.07 Å². The van der Waals surface area contributed by atoms with E-state index in [9.17, 15) is 4.79 Å². The zero-order valence-electron chi connectivity index (χ0n) is 10.7. The molecule has 1 aliphatic heterocycles. The lowest BCUT2D eigenvalue weighted by molar-refractivity contribution is -0.129. The van der Waals surface area contributed by atoms with E-state index in [0.29, 0.717) is 6.42 Å². The van der Waals surface area contributed by atoms with Crippen LogP contribution in [0, 0.1) is 13.8 Å². The van der Waals surface area contributed by atoms with E-state index >= 15 is 0 Å². The fraction of sp³-hybridized carbons (Fsp3) is 0.615. The molecule has 3 nitrogen and oxygen atoms in total. The van der Waals surface area contributed by atoms with Crippen LogP contribution in [0.3, 0.4) is 0 Å². The average molecular weight is 252 g/mol. The van der Waals surface area contributed by atoms with Crippen molar-refractivity contribution in [2.75, 3.05) is 6.54 Å². The predicted octanol–water partition coefficient (Wildman–Crippen LogP) is 2.38. The van der Waals surface area contributed by atoms with Gasteiger partial charge in [-0.1, -0.05) is 6.92 Å². The Morgan fingerprint density at radius 2 is 2.24 bits per heavy atom. The number of hydrogen-bond acceptors (Lipinski definition) is 3. The molecule has 1 amide bonds. The van der Waals surface area contributed by atoms with Crippen LogP contribution in [-0.4, -0.2) is 23.4 Å². The Labute approximate surface area is 107 Å². The molecule has 1 aliphatic rings. The van der Waals surface area contributed by atoms with Gasteiger partial charge in [-0.25, -0.2) is 0 Å². The van der Waals surface area contributed by atoms with Crippen LogP contribution in [0.1, 0.15) is 41.1 Å². The minimum absolute atomic E-state index is 0.0539. The number of hydrogen-bond donors (Lipinski definition) is 1. The van der Waals surface area contributed by atoms with E-state index in [1.165, 1.54) is 15.3 Å². The monoisotopic (exact) mass is 252 g/mol. The molecule has 1 aromatic rings. The Kier molecular flexibility index (Phi) is 3.54. The molecule has 2 rings (SSSR count). The van der Waals surface area contributed by atoms with Crippen molar-refractivity contribution in [3.8, 4) is 0 Å². The van der Waals surface area contributed by atoms with E-state index < -0.39 is 0 Å². The lowest BCUT2D eigenvalue weighted by Gasteiger charge is -2.26. The molecule has 2 N–H and O–H groups in total. The Bertz CT molecular complexity index is 427. The summed E-state index contributed by atoms with van der Waals surface area (Å²) in [5.74, 6) is 0.201. The first-order valence-corrected chi connectivity index (χ1v) is 6.98. The molecule has 2 heterocycles. The minimum Gasteiger partial charge on any atom is -0.334 e. The fourth-order valence-corrected chi connectivity index (χ4v) is 3.63. The maximum Gasteiger partial charge on any atom is 0.224 e. The topological polar surface area (TPSA) is 46.3 Å². The summed E-state index contributed by atoms with van der Waals surface area (Å²) in [6.07, 6.45) is 1.47. The van der Waals surface area contributed by atoms with E-state index in [-0.39, 0.29) is 18.0 Å². The van der Waals surface area contributed by atoms with Gasteiger partial charge in [0.2, 0.25) is 5.91 Å². The first-order chi connectivity index (χ1) is 8.04. The molecule has 2 unspecified atom stereocenters. The lowest BCUT2D eigenvalue weighted by atomic mass is 10.0. The van der Waals surface area contributed by atoms with Crippen molar-refractivity contribution in [1.82, 2.24) is 4.90 Å². The Morgan fingerprint density at radius 3 is 2.76 bits per heavy atom.